The lowest BCUT2D eigenvalue weighted by Crippen LogP contribution is -2.32. The molecule has 1 aromatic heterocycles. The molecule has 0 amide bonds. The summed E-state index contributed by atoms with van der Waals surface area (Å²) in [5.41, 5.74) is 4.51. The van der Waals surface area contributed by atoms with Gasteiger partial charge in [-0.3, -0.25) is 0 Å². The van der Waals surface area contributed by atoms with Crippen molar-refractivity contribution in [3.05, 3.63) is 35.4 Å². The number of aromatic nitrogens is 2. The third-order valence-corrected chi connectivity index (χ3v) is 4.89. The van der Waals surface area contributed by atoms with Gasteiger partial charge in [-0.15, -0.1) is 0 Å². The van der Waals surface area contributed by atoms with Gasteiger partial charge in [-0.2, -0.15) is 36.3 Å². The molecule has 1 atom stereocenters. The lowest BCUT2D eigenvalue weighted by Gasteiger charge is -2.23. The maximum atomic E-state index is 13.7. The summed E-state index contributed by atoms with van der Waals surface area (Å²) < 4.78 is 110. The molecule has 0 saturated carbocycles. The Kier molecular flexibility index (Phi) is 6.48. The van der Waals surface area contributed by atoms with E-state index in [0.717, 1.165) is 11.0 Å². The number of alkyl halides is 8. The maximum Gasteiger partial charge on any atom is 0.425 e. The monoisotopic (exact) mass is 485 g/mol. The minimum absolute atomic E-state index is 0.191. The van der Waals surface area contributed by atoms with E-state index in [9.17, 15) is 35.1 Å². The van der Waals surface area contributed by atoms with Crippen molar-refractivity contribution in [1.29, 1.82) is 0 Å². The Hall–Kier alpha value is -3.06. The second kappa shape index (κ2) is 8.71. The summed E-state index contributed by atoms with van der Waals surface area (Å²) in [4.78, 5) is 8.55. The zero-order valence-electron chi connectivity index (χ0n) is 17.1. The first-order chi connectivity index (χ1) is 15.2. The third-order valence-electron chi connectivity index (χ3n) is 4.89. The van der Waals surface area contributed by atoms with E-state index in [2.05, 4.69) is 15.3 Å². The summed E-state index contributed by atoms with van der Waals surface area (Å²) >= 11 is 0. The number of rotatable bonds is 6. The predicted molar refractivity (Wildman–Crippen MR) is 103 cm³/mol. The number of benzene rings is 1. The van der Waals surface area contributed by atoms with E-state index < -0.39 is 55.5 Å². The van der Waals surface area contributed by atoms with Crippen LogP contribution < -0.4 is 20.7 Å². The first kappa shape index (κ1) is 24.6. The van der Waals surface area contributed by atoms with E-state index in [4.69, 9.17) is 10.5 Å². The Bertz CT molecular complexity index is 995. The molecule has 14 heteroatoms. The highest BCUT2D eigenvalue weighted by atomic mass is 19.4. The number of hydrogen-bond acceptors (Lipinski definition) is 6. The van der Waals surface area contributed by atoms with Crippen molar-refractivity contribution in [1.82, 2.24) is 9.97 Å². The van der Waals surface area contributed by atoms with Crippen molar-refractivity contribution in [3.8, 4) is 6.01 Å². The van der Waals surface area contributed by atoms with E-state index in [1.54, 1.807) is 0 Å². The Morgan fingerprint density at radius 2 is 1.82 bits per heavy atom. The zero-order chi connectivity index (χ0) is 24.6. The van der Waals surface area contributed by atoms with Crippen molar-refractivity contribution in [3.63, 3.8) is 0 Å². The van der Waals surface area contributed by atoms with E-state index in [-0.39, 0.29) is 29.4 Å². The Balaban J connectivity index is 1.95. The standard InChI is InChI=1S/C19H19F8N5O/c1-10(18(22,23)24)33-16-30-14(13(28)15(31-16)32-7-6-17(20,21)9-32)29-8-11-4-2-3-5-12(11)19(25,26)27/h2-5,10H,6-9,28H2,1H3,(H,29,30,31). The summed E-state index contributed by atoms with van der Waals surface area (Å²) in [5.74, 6) is -3.73. The van der Waals surface area contributed by atoms with E-state index in [1.807, 2.05) is 0 Å². The highest BCUT2D eigenvalue weighted by Crippen LogP contribution is 2.37. The summed E-state index contributed by atoms with van der Waals surface area (Å²) in [5, 5.41) is 2.53. The summed E-state index contributed by atoms with van der Waals surface area (Å²) in [7, 11) is 0. The number of ether oxygens (including phenoxy) is 1. The lowest BCUT2D eigenvalue weighted by molar-refractivity contribution is -0.190. The lowest BCUT2D eigenvalue weighted by atomic mass is 10.1. The molecule has 2 heterocycles. The molecule has 0 bridgehead atoms. The number of nitrogen functional groups attached to an aromatic ring is 1. The molecule has 6 nitrogen and oxygen atoms in total. The van der Waals surface area contributed by atoms with E-state index in [0.29, 0.717) is 6.92 Å². The van der Waals surface area contributed by atoms with Crippen LogP contribution in [0.2, 0.25) is 0 Å². The molecule has 3 rings (SSSR count). The van der Waals surface area contributed by atoms with Crippen molar-refractivity contribution < 1.29 is 39.9 Å². The normalized spacial score (nSPS) is 17.2. The van der Waals surface area contributed by atoms with Crippen molar-refractivity contribution in [2.75, 3.05) is 29.0 Å². The van der Waals surface area contributed by atoms with Crippen LogP contribution in [0.5, 0.6) is 6.01 Å². The number of nitrogens with two attached hydrogens (primary N) is 1. The molecule has 3 N–H and O–H groups in total. The van der Waals surface area contributed by atoms with E-state index >= 15 is 0 Å². The molecular weight excluding hydrogens is 466 g/mol. The quantitative estimate of drug-likeness (QED) is 0.569. The summed E-state index contributed by atoms with van der Waals surface area (Å²) in [6.45, 7) is -0.755. The van der Waals surface area contributed by atoms with Gasteiger partial charge in [-0.25, -0.2) is 8.78 Å². The van der Waals surface area contributed by atoms with Gasteiger partial charge < -0.3 is 20.7 Å². The smallest absolute Gasteiger partial charge is 0.425 e. The molecule has 182 valence electrons. The van der Waals surface area contributed by atoms with Crippen molar-refractivity contribution >= 4 is 17.3 Å². The van der Waals surface area contributed by atoms with Crippen LogP contribution in [0.4, 0.5) is 52.4 Å². The van der Waals surface area contributed by atoms with Gasteiger partial charge in [-0.1, -0.05) is 18.2 Å². The zero-order valence-corrected chi connectivity index (χ0v) is 17.1. The third kappa shape index (κ3) is 5.85. The maximum absolute atomic E-state index is 13.7. The molecule has 1 aromatic carbocycles. The summed E-state index contributed by atoms with van der Waals surface area (Å²) in [6, 6.07) is 3.80. The van der Waals surface area contributed by atoms with E-state index in [1.165, 1.54) is 18.2 Å². The molecule has 1 saturated heterocycles. The molecule has 2 aromatic rings. The van der Waals surface area contributed by atoms with Gasteiger partial charge in [-0.05, 0) is 18.6 Å². The van der Waals surface area contributed by atoms with Gasteiger partial charge in [0.15, 0.2) is 17.7 Å². The minimum atomic E-state index is -4.77. The molecule has 0 radical (unpaired) electrons. The second-order valence-electron chi connectivity index (χ2n) is 7.43. The predicted octanol–water partition coefficient (Wildman–Crippen LogP) is 4.86. The topological polar surface area (TPSA) is 76.3 Å². The molecule has 0 spiro atoms. The number of anilines is 3. The molecule has 1 aliphatic rings. The van der Waals surface area contributed by atoms with Crippen LogP contribution in [0.3, 0.4) is 0 Å². The largest absolute Gasteiger partial charge is 0.451 e. The Morgan fingerprint density at radius 3 is 2.39 bits per heavy atom. The van der Waals surface area contributed by atoms with Gasteiger partial charge in [0.05, 0.1) is 12.1 Å². The van der Waals surface area contributed by atoms with Gasteiger partial charge >= 0.3 is 18.4 Å². The van der Waals surface area contributed by atoms with Crippen molar-refractivity contribution in [2.24, 2.45) is 0 Å². The number of hydrogen-bond donors (Lipinski definition) is 2. The van der Waals surface area contributed by atoms with Crippen LogP contribution in [0.25, 0.3) is 0 Å². The van der Waals surface area contributed by atoms with Gasteiger partial charge in [0.1, 0.15) is 5.69 Å². The molecular formula is C19H19F8N5O. The molecule has 0 aliphatic carbocycles. The fraction of sp³-hybridized carbons (Fsp3) is 0.474. The fourth-order valence-electron chi connectivity index (χ4n) is 3.14. The Labute approximate surface area is 182 Å². The van der Waals surface area contributed by atoms with Crippen molar-refractivity contribution in [2.45, 2.75) is 44.3 Å². The first-order valence-electron chi connectivity index (χ1n) is 9.60. The van der Waals surface area contributed by atoms with Crippen LogP contribution in [0.15, 0.2) is 24.3 Å². The van der Waals surface area contributed by atoms with Crippen LogP contribution >= 0.6 is 0 Å². The van der Waals surface area contributed by atoms with Crippen LogP contribution in [-0.4, -0.2) is 41.3 Å². The fourth-order valence-corrected chi connectivity index (χ4v) is 3.14. The molecule has 1 aliphatic heterocycles. The number of halogens is 8. The van der Waals surface area contributed by atoms with Crippen LogP contribution in [0, 0.1) is 0 Å². The molecule has 1 unspecified atom stereocenters. The number of nitrogens with one attached hydrogen (secondary N) is 1. The minimum Gasteiger partial charge on any atom is -0.451 e. The number of nitrogens with zero attached hydrogens (tertiary/aromatic N) is 3. The summed E-state index contributed by atoms with van der Waals surface area (Å²) in [6.07, 6.45) is -12.3. The average molecular weight is 485 g/mol. The molecule has 1 fully saturated rings. The first-order valence-corrected chi connectivity index (χ1v) is 9.60. The highest BCUT2D eigenvalue weighted by Gasteiger charge is 2.41. The van der Waals surface area contributed by atoms with Gasteiger partial charge in [0.25, 0.3) is 5.92 Å². The van der Waals surface area contributed by atoms with Gasteiger partial charge in [0, 0.05) is 19.5 Å². The highest BCUT2D eigenvalue weighted by molar-refractivity contribution is 5.76. The van der Waals surface area contributed by atoms with Crippen LogP contribution in [-0.2, 0) is 12.7 Å². The molecule has 33 heavy (non-hydrogen) atoms. The van der Waals surface area contributed by atoms with Gasteiger partial charge in [0.2, 0.25) is 0 Å². The average Bonchev–Trinajstić information content (AvgIpc) is 3.06. The second-order valence-corrected chi connectivity index (χ2v) is 7.43. The Morgan fingerprint density at radius 1 is 1.15 bits per heavy atom. The SMILES string of the molecule is CC(Oc1nc(NCc2ccccc2C(F)(F)F)c(N)c(N2CCC(F)(F)C2)n1)C(F)(F)F. The van der Waals surface area contributed by atoms with Crippen LogP contribution in [0.1, 0.15) is 24.5 Å².